The van der Waals surface area contributed by atoms with Crippen LogP contribution in [-0.2, 0) is 0 Å². The van der Waals surface area contributed by atoms with Crippen LogP contribution >= 0.6 is 0 Å². The molecule has 106 valence electrons. The molecule has 7 heteroatoms. The highest BCUT2D eigenvalue weighted by Crippen LogP contribution is 2.37. The average Bonchev–Trinajstić information content (AvgIpc) is 2.47. The number of anilines is 3. The molecule has 0 aliphatic heterocycles. The van der Waals surface area contributed by atoms with Crippen molar-refractivity contribution >= 4 is 22.7 Å². The van der Waals surface area contributed by atoms with Gasteiger partial charge in [0.05, 0.1) is 23.3 Å². The lowest BCUT2D eigenvalue weighted by atomic mass is 10.1. The minimum atomic E-state index is -0.570. The third-order valence-corrected chi connectivity index (χ3v) is 2.88. The zero-order valence-corrected chi connectivity index (χ0v) is 11.2. The lowest BCUT2D eigenvalue weighted by Gasteiger charge is -2.13. The molecule has 0 amide bonds. The standard InChI is InChI=1S/C14H12N4O3/c1-21-12-7-2-4-9(8-15)13(12)17-11-6-3-5-10(16)14(11)18(19)20/h2-7,17H,16H2,1H3. The van der Waals surface area contributed by atoms with Crippen molar-refractivity contribution in [2.45, 2.75) is 0 Å². The smallest absolute Gasteiger partial charge is 0.315 e. The summed E-state index contributed by atoms with van der Waals surface area (Å²) in [4.78, 5) is 10.6. The van der Waals surface area contributed by atoms with E-state index in [1.54, 1.807) is 24.3 Å². The highest BCUT2D eigenvalue weighted by atomic mass is 16.6. The molecule has 0 aromatic heterocycles. The topological polar surface area (TPSA) is 114 Å². The average molecular weight is 284 g/mol. The van der Waals surface area contributed by atoms with E-state index in [-0.39, 0.29) is 17.1 Å². The van der Waals surface area contributed by atoms with E-state index in [0.717, 1.165) is 0 Å². The second kappa shape index (κ2) is 5.79. The quantitative estimate of drug-likeness (QED) is 0.507. The molecule has 0 aliphatic carbocycles. The van der Waals surface area contributed by atoms with E-state index < -0.39 is 4.92 Å². The molecule has 21 heavy (non-hydrogen) atoms. The largest absolute Gasteiger partial charge is 0.495 e. The van der Waals surface area contributed by atoms with Crippen molar-refractivity contribution in [2.75, 3.05) is 18.2 Å². The Labute approximate surface area is 120 Å². The number of benzene rings is 2. The third kappa shape index (κ3) is 2.69. The Morgan fingerprint density at radius 2 is 2.05 bits per heavy atom. The van der Waals surface area contributed by atoms with E-state index in [9.17, 15) is 10.1 Å². The molecule has 0 bridgehead atoms. The molecule has 0 aliphatic rings. The van der Waals surface area contributed by atoms with Crippen LogP contribution < -0.4 is 15.8 Å². The number of hydrogen-bond donors (Lipinski definition) is 2. The van der Waals surface area contributed by atoms with Gasteiger partial charge in [-0.2, -0.15) is 5.26 Å². The number of hydrogen-bond acceptors (Lipinski definition) is 6. The van der Waals surface area contributed by atoms with Crippen molar-refractivity contribution in [3.8, 4) is 11.8 Å². The van der Waals surface area contributed by atoms with Gasteiger partial charge in [-0.1, -0.05) is 12.1 Å². The number of rotatable bonds is 4. The van der Waals surface area contributed by atoms with Crippen molar-refractivity contribution in [2.24, 2.45) is 0 Å². The molecule has 7 nitrogen and oxygen atoms in total. The molecule has 3 N–H and O–H groups in total. The van der Waals surface area contributed by atoms with E-state index in [0.29, 0.717) is 17.0 Å². The number of para-hydroxylation sites is 2. The van der Waals surface area contributed by atoms with Gasteiger partial charge in [0.1, 0.15) is 23.2 Å². The van der Waals surface area contributed by atoms with Gasteiger partial charge in [0.2, 0.25) is 0 Å². The number of nitrogens with two attached hydrogens (primary N) is 1. The second-order valence-corrected chi connectivity index (χ2v) is 4.12. The predicted octanol–water partition coefficient (Wildman–Crippen LogP) is 2.80. The molecular weight excluding hydrogens is 272 g/mol. The summed E-state index contributed by atoms with van der Waals surface area (Å²) in [5.41, 5.74) is 6.30. The number of ether oxygens (including phenoxy) is 1. The molecule has 2 aromatic rings. The molecule has 0 saturated heterocycles. The summed E-state index contributed by atoms with van der Waals surface area (Å²) in [6.07, 6.45) is 0. The fraction of sp³-hybridized carbons (Fsp3) is 0.0714. The maximum atomic E-state index is 11.1. The molecule has 2 rings (SSSR count). The first kappa shape index (κ1) is 14.1. The van der Waals surface area contributed by atoms with E-state index >= 15 is 0 Å². The number of nitrogens with zero attached hydrogens (tertiary/aromatic N) is 2. The van der Waals surface area contributed by atoms with Crippen LogP contribution in [0.25, 0.3) is 0 Å². The second-order valence-electron chi connectivity index (χ2n) is 4.12. The van der Waals surface area contributed by atoms with Gasteiger partial charge in [-0.15, -0.1) is 0 Å². The molecule has 0 spiro atoms. The summed E-state index contributed by atoms with van der Waals surface area (Å²) < 4.78 is 5.18. The molecular formula is C14H12N4O3. The maximum absolute atomic E-state index is 11.1. The summed E-state index contributed by atoms with van der Waals surface area (Å²) in [7, 11) is 1.45. The molecule has 0 unspecified atom stereocenters. The summed E-state index contributed by atoms with van der Waals surface area (Å²) in [5, 5.41) is 23.1. The minimum Gasteiger partial charge on any atom is -0.495 e. The van der Waals surface area contributed by atoms with Crippen LogP contribution in [0.1, 0.15) is 5.56 Å². The number of nitro groups is 1. The number of nitrogens with one attached hydrogen (secondary N) is 1. The lowest BCUT2D eigenvalue weighted by molar-refractivity contribution is -0.383. The SMILES string of the molecule is COc1cccc(C#N)c1Nc1cccc(N)c1[N+](=O)[O-]. The van der Waals surface area contributed by atoms with Crippen molar-refractivity contribution in [3.63, 3.8) is 0 Å². The zero-order chi connectivity index (χ0) is 15.4. The summed E-state index contributed by atoms with van der Waals surface area (Å²) in [6, 6.07) is 11.5. The van der Waals surface area contributed by atoms with Gasteiger partial charge >= 0.3 is 5.69 Å². The zero-order valence-electron chi connectivity index (χ0n) is 11.2. The van der Waals surface area contributed by atoms with E-state index in [1.165, 1.54) is 19.2 Å². The Morgan fingerprint density at radius 1 is 1.33 bits per heavy atom. The molecule has 0 fully saturated rings. The highest BCUT2D eigenvalue weighted by molar-refractivity contribution is 5.82. The lowest BCUT2D eigenvalue weighted by Crippen LogP contribution is -2.03. The Balaban J connectivity index is 2.56. The van der Waals surface area contributed by atoms with Crippen LogP contribution in [-0.4, -0.2) is 12.0 Å². The first-order valence-corrected chi connectivity index (χ1v) is 5.95. The van der Waals surface area contributed by atoms with Crippen LogP contribution in [0.3, 0.4) is 0 Å². The van der Waals surface area contributed by atoms with Crippen LogP contribution in [0.2, 0.25) is 0 Å². The predicted molar refractivity (Wildman–Crippen MR) is 78.5 cm³/mol. The summed E-state index contributed by atoms with van der Waals surface area (Å²) in [5.74, 6) is 0.408. The Bertz CT molecular complexity index is 737. The van der Waals surface area contributed by atoms with Crippen LogP contribution in [0, 0.1) is 21.4 Å². The monoisotopic (exact) mass is 284 g/mol. The fourth-order valence-electron chi connectivity index (χ4n) is 1.92. The first-order valence-electron chi connectivity index (χ1n) is 5.95. The maximum Gasteiger partial charge on any atom is 0.315 e. The Kier molecular flexibility index (Phi) is 3.90. The number of nitro benzene ring substituents is 1. The van der Waals surface area contributed by atoms with Crippen molar-refractivity contribution < 1.29 is 9.66 Å². The van der Waals surface area contributed by atoms with Crippen LogP contribution in [0.15, 0.2) is 36.4 Å². The third-order valence-electron chi connectivity index (χ3n) is 2.88. The van der Waals surface area contributed by atoms with Gasteiger partial charge < -0.3 is 15.8 Å². The number of nitriles is 1. The Hall–Kier alpha value is -3.27. The number of methoxy groups -OCH3 is 1. The van der Waals surface area contributed by atoms with Crippen molar-refractivity contribution in [3.05, 3.63) is 52.1 Å². The van der Waals surface area contributed by atoms with E-state index in [2.05, 4.69) is 5.32 Å². The van der Waals surface area contributed by atoms with Gasteiger partial charge in [0.15, 0.2) is 0 Å². The van der Waals surface area contributed by atoms with Gasteiger partial charge in [-0.25, -0.2) is 0 Å². The molecule has 2 aromatic carbocycles. The van der Waals surface area contributed by atoms with Crippen molar-refractivity contribution in [1.82, 2.24) is 0 Å². The van der Waals surface area contributed by atoms with Gasteiger partial charge in [-0.3, -0.25) is 10.1 Å². The molecule has 0 saturated carbocycles. The molecule has 0 atom stereocenters. The molecule has 0 heterocycles. The van der Waals surface area contributed by atoms with Crippen LogP contribution in [0.5, 0.6) is 5.75 Å². The number of nitrogen functional groups attached to an aromatic ring is 1. The summed E-state index contributed by atoms with van der Waals surface area (Å²) in [6.45, 7) is 0. The van der Waals surface area contributed by atoms with Crippen molar-refractivity contribution in [1.29, 1.82) is 5.26 Å². The minimum absolute atomic E-state index is 0.0402. The van der Waals surface area contributed by atoms with E-state index in [1.807, 2.05) is 6.07 Å². The Morgan fingerprint density at radius 3 is 2.67 bits per heavy atom. The van der Waals surface area contributed by atoms with Gasteiger partial charge in [0, 0.05) is 0 Å². The fourth-order valence-corrected chi connectivity index (χ4v) is 1.92. The highest BCUT2D eigenvalue weighted by Gasteiger charge is 2.20. The van der Waals surface area contributed by atoms with Gasteiger partial charge in [0.25, 0.3) is 0 Å². The van der Waals surface area contributed by atoms with Gasteiger partial charge in [-0.05, 0) is 24.3 Å². The normalized spacial score (nSPS) is 9.71. The molecule has 0 radical (unpaired) electrons. The van der Waals surface area contributed by atoms with Crippen LogP contribution in [0.4, 0.5) is 22.7 Å². The van der Waals surface area contributed by atoms with E-state index in [4.69, 9.17) is 15.7 Å². The first-order chi connectivity index (χ1) is 10.1. The summed E-state index contributed by atoms with van der Waals surface area (Å²) >= 11 is 0.